The third-order valence-electron chi connectivity index (χ3n) is 4.34. The van der Waals surface area contributed by atoms with Gasteiger partial charge in [0, 0.05) is 6.07 Å². The van der Waals surface area contributed by atoms with E-state index in [-0.39, 0.29) is 17.5 Å². The highest BCUT2D eigenvalue weighted by molar-refractivity contribution is 7.91. The smallest absolute Gasteiger partial charge is 0.266 e. The van der Waals surface area contributed by atoms with Crippen molar-refractivity contribution in [2.45, 2.75) is 32.4 Å². The van der Waals surface area contributed by atoms with Gasteiger partial charge >= 0.3 is 0 Å². The number of nitriles is 1. The molecule has 2 unspecified atom stereocenters. The summed E-state index contributed by atoms with van der Waals surface area (Å²) in [6.07, 6.45) is -0.385. The molecule has 1 aromatic carbocycles. The summed E-state index contributed by atoms with van der Waals surface area (Å²) >= 11 is 0. The number of nitrogens with zero attached hydrogens (tertiary/aromatic N) is 3. The number of carbonyl (C=O) groups is 1. The lowest BCUT2D eigenvalue weighted by molar-refractivity contribution is -0.122. The highest BCUT2D eigenvalue weighted by atomic mass is 32.2. The standard InChI is InChI=1S/C18H20N4O4S/c1-12-9-17(22(21-12)15-7-8-27(24,25)11-15)20-18(23)13(2)26-16-6-4-3-5-14(16)10-19/h3-6,9,13,15H,7-8,11H2,1-2H3,(H,20,23). The Morgan fingerprint density at radius 1 is 1.44 bits per heavy atom. The minimum atomic E-state index is -3.07. The van der Waals surface area contributed by atoms with Crippen LogP contribution in [-0.2, 0) is 14.6 Å². The molecule has 2 heterocycles. The van der Waals surface area contributed by atoms with Gasteiger partial charge in [0.15, 0.2) is 15.9 Å². The molecule has 0 bridgehead atoms. The van der Waals surface area contributed by atoms with E-state index < -0.39 is 21.8 Å². The second kappa shape index (κ2) is 7.40. The number of hydrogen-bond acceptors (Lipinski definition) is 6. The van der Waals surface area contributed by atoms with Crippen molar-refractivity contribution in [3.05, 3.63) is 41.6 Å². The molecule has 2 atom stereocenters. The van der Waals surface area contributed by atoms with Crippen LogP contribution in [0, 0.1) is 18.3 Å². The fourth-order valence-corrected chi connectivity index (χ4v) is 4.68. The number of sulfone groups is 1. The van der Waals surface area contributed by atoms with Gasteiger partial charge in [-0.2, -0.15) is 10.4 Å². The molecule has 1 fully saturated rings. The number of anilines is 1. The maximum absolute atomic E-state index is 12.5. The fraction of sp³-hybridized carbons (Fsp3) is 0.389. The summed E-state index contributed by atoms with van der Waals surface area (Å²) in [4.78, 5) is 12.5. The molecule has 27 heavy (non-hydrogen) atoms. The molecule has 0 saturated carbocycles. The predicted molar refractivity (Wildman–Crippen MR) is 99.1 cm³/mol. The van der Waals surface area contributed by atoms with Crippen molar-refractivity contribution < 1.29 is 17.9 Å². The van der Waals surface area contributed by atoms with Crippen molar-refractivity contribution in [1.82, 2.24) is 9.78 Å². The summed E-state index contributed by atoms with van der Waals surface area (Å²) in [7, 11) is -3.07. The van der Waals surface area contributed by atoms with Gasteiger partial charge in [0.1, 0.15) is 17.6 Å². The number of aromatic nitrogens is 2. The number of rotatable bonds is 5. The fourth-order valence-electron chi connectivity index (χ4n) is 2.99. The van der Waals surface area contributed by atoms with Crippen LogP contribution in [-0.4, -0.2) is 41.7 Å². The Labute approximate surface area is 157 Å². The number of aryl methyl sites for hydroxylation is 1. The van der Waals surface area contributed by atoms with Crippen LogP contribution in [0.1, 0.15) is 30.6 Å². The normalized spacial score (nSPS) is 19.2. The molecule has 9 heteroatoms. The van der Waals surface area contributed by atoms with Crippen LogP contribution in [0.3, 0.4) is 0 Å². The van der Waals surface area contributed by atoms with E-state index >= 15 is 0 Å². The lowest BCUT2D eigenvalue weighted by atomic mass is 10.2. The van der Waals surface area contributed by atoms with Crippen LogP contribution in [0.15, 0.2) is 30.3 Å². The summed E-state index contributed by atoms with van der Waals surface area (Å²) in [5.74, 6) is 0.482. The summed E-state index contributed by atoms with van der Waals surface area (Å²) in [6, 6.07) is 10.1. The van der Waals surface area contributed by atoms with E-state index in [4.69, 9.17) is 10.00 Å². The maximum Gasteiger partial charge on any atom is 0.266 e. The first-order valence-electron chi connectivity index (χ1n) is 8.52. The molecule has 8 nitrogen and oxygen atoms in total. The molecule has 1 saturated heterocycles. The Bertz CT molecular complexity index is 1010. The van der Waals surface area contributed by atoms with Crippen molar-refractivity contribution >= 4 is 21.6 Å². The zero-order valence-electron chi connectivity index (χ0n) is 15.0. The first-order chi connectivity index (χ1) is 12.8. The van der Waals surface area contributed by atoms with E-state index in [1.165, 1.54) is 0 Å². The molecule has 3 rings (SSSR count). The average molecular weight is 388 g/mol. The van der Waals surface area contributed by atoms with Crippen molar-refractivity contribution in [2.24, 2.45) is 0 Å². The molecule has 0 radical (unpaired) electrons. The number of benzene rings is 1. The van der Waals surface area contributed by atoms with Crippen molar-refractivity contribution in [3.63, 3.8) is 0 Å². The monoisotopic (exact) mass is 388 g/mol. The molecule has 1 aromatic heterocycles. The quantitative estimate of drug-likeness (QED) is 0.836. The highest BCUT2D eigenvalue weighted by Gasteiger charge is 2.31. The number of ether oxygens (including phenoxy) is 1. The van der Waals surface area contributed by atoms with Crippen LogP contribution in [0.2, 0.25) is 0 Å². The van der Waals surface area contributed by atoms with Gasteiger partial charge in [-0.3, -0.25) is 4.79 Å². The molecule has 2 aromatic rings. The summed E-state index contributed by atoms with van der Waals surface area (Å²) in [5, 5.41) is 16.2. The Balaban J connectivity index is 1.74. The minimum absolute atomic E-state index is 0.0125. The van der Waals surface area contributed by atoms with E-state index in [0.717, 1.165) is 0 Å². The second-order valence-corrected chi connectivity index (χ2v) is 8.76. The van der Waals surface area contributed by atoms with Crippen LogP contribution in [0.5, 0.6) is 5.75 Å². The predicted octanol–water partition coefficient (Wildman–Crippen LogP) is 1.83. The first kappa shape index (κ1) is 18.9. The zero-order chi connectivity index (χ0) is 19.6. The van der Waals surface area contributed by atoms with Crippen LogP contribution in [0.4, 0.5) is 5.82 Å². The van der Waals surface area contributed by atoms with E-state index in [0.29, 0.717) is 29.2 Å². The maximum atomic E-state index is 12.5. The molecular formula is C18H20N4O4S. The second-order valence-electron chi connectivity index (χ2n) is 6.53. The van der Waals surface area contributed by atoms with Gasteiger partial charge in [0.25, 0.3) is 5.91 Å². The van der Waals surface area contributed by atoms with E-state index in [2.05, 4.69) is 10.4 Å². The Morgan fingerprint density at radius 3 is 2.85 bits per heavy atom. The van der Waals surface area contributed by atoms with E-state index in [9.17, 15) is 13.2 Å². The largest absolute Gasteiger partial charge is 0.480 e. The number of carbonyl (C=O) groups excluding carboxylic acids is 1. The van der Waals surface area contributed by atoms with Crippen molar-refractivity contribution in [3.8, 4) is 11.8 Å². The van der Waals surface area contributed by atoms with Crippen molar-refractivity contribution in [1.29, 1.82) is 5.26 Å². The number of para-hydroxylation sites is 1. The first-order valence-corrected chi connectivity index (χ1v) is 10.3. The molecule has 1 aliphatic heterocycles. The minimum Gasteiger partial charge on any atom is -0.480 e. The highest BCUT2D eigenvalue weighted by Crippen LogP contribution is 2.27. The lowest BCUT2D eigenvalue weighted by Gasteiger charge is -2.17. The van der Waals surface area contributed by atoms with Gasteiger partial charge in [-0.1, -0.05) is 12.1 Å². The molecule has 0 aliphatic carbocycles. The third kappa shape index (κ3) is 4.28. The van der Waals surface area contributed by atoms with Crippen LogP contribution < -0.4 is 10.1 Å². The molecular weight excluding hydrogens is 368 g/mol. The lowest BCUT2D eigenvalue weighted by Crippen LogP contribution is -2.31. The number of nitrogens with one attached hydrogen (secondary N) is 1. The summed E-state index contributed by atoms with van der Waals surface area (Å²) < 4.78 is 30.7. The Hall–Kier alpha value is -2.86. The third-order valence-corrected chi connectivity index (χ3v) is 6.09. The summed E-state index contributed by atoms with van der Waals surface area (Å²) in [5.41, 5.74) is 1.02. The molecule has 1 amide bonds. The van der Waals surface area contributed by atoms with Crippen LogP contribution in [0.25, 0.3) is 0 Å². The van der Waals surface area contributed by atoms with Crippen LogP contribution >= 0.6 is 0 Å². The van der Waals surface area contributed by atoms with Gasteiger partial charge in [0.2, 0.25) is 0 Å². The topological polar surface area (TPSA) is 114 Å². The molecule has 1 N–H and O–H groups in total. The Morgan fingerprint density at radius 2 is 2.19 bits per heavy atom. The van der Waals surface area contributed by atoms with Gasteiger partial charge < -0.3 is 10.1 Å². The van der Waals surface area contributed by atoms with Gasteiger partial charge in [0.05, 0.1) is 28.8 Å². The van der Waals surface area contributed by atoms with Gasteiger partial charge in [-0.15, -0.1) is 0 Å². The zero-order valence-corrected chi connectivity index (χ0v) is 15.9. The van der Waals surface area contributed by atoms with Gasteiger partial charge in [-0.05, 0) is 32.4 Å². The number of hydrogen-bond donors (Lipinski definition) is 1. The Kier molecular flexibility index (Phi) is 5.19. The van der Waals surface area contributed by atoms with E-state index in [1.54, 1.807) is 48.9 Å². The molecule has 142 valence electrons. The number of amides is 1. The van der Waals surface area contributed by atoms with Crippen molar-refractivity contribution in [2.75, 3.05) is 16.8 Å². The molecule has 1 aliphatic rings. The molecule has 0 spiro atoms. The average Bonchev–Trinajstić information content (AvgIpc) is 3.16. The van der Waals surface area contributed by atoms with E-state index in [1.807, 2.05) is 6.07 Å². The van der Waals surface area contributed by atoms with Gasteiger partial charge in [-0.25, -0.2) is 13.1 Å². The summed E-state index contributed by atoms with van der Waals surface area (Å²) in [6.45, 7) is 3.36. The SMILES string of the molecule is Cc1cc(NC(=O)C(C)Oc2ccccc2C#N)n(C2CCS(=O)(=O)C2)n1.